The van der Waals surface area contributed by atoms with Crippen molar-refractivity contribution < 1.29 is 23.8 Å². The molecular formula is C31H31ClFNO4. The van der Waals surface area contributed by atoms with Gasteiger partial charge in [0.15, 0.2) is 0 Å². The number of ether oxygens (including phenoxy) is 1. The first kappa shape index (κ1) is 27.4. The van der Waals surface area contributed by atoms with E-state index in [-0.39, 0.29) is 23.3 Å². The first-order valence-electron chi connectivity index (χ1n) is 12.6. The normalized spacial score (nSPS) is 17.2. The molecule has 0 aliphatic carbocycles. The lowest BCUT2D eigenvalue weighted by Gasteiger charge is -2.26. The Balaban J connectivity index is 1.81. The topological polar surface area (TPSA) is 66.8 Å². The van der Waals surface area contributed by atoms with Crippen molar-refractivity contribution in [2.75, 3.05) is 13.2 Å². The number of benzene rings is 3. The van der Waals surface area contributed by atoms with Gasteiger partial charge in [0.05, 0.1) is 18.2 Å². The molecule has 0 aromatic heterocycles. The van der Waals surface area contributed by atoms with E-state index in [1.54, 1.807) is 30.3 Å². The minimum atomic E-state index is -0.868. The molecule has 0 radical (unpaired) electrons. The fourth-order valence-corrected chi connectivity index (χ4v) is 4.83. The zero-order chi connectivity index (χ0) is 27.6. The number of halogens is 2. The summed E-state index contributed by atoms with van der Waals surface area (Å²) < 4.78 is 19.6. The Kier molecular flexibility index (Phi) is 7.93. The zero-order valence-corrected chi connectivity index (χ0v) is 22.7. The molecule has 38 heavy (non-hydrogen) atoms. The van der Waals surface area contributed by atoms with E-state index >= 15 is 0 Å². The fourth-order valence-electron chi connectivity index (χ4n) is 4.70. The average Bonchev–Trinajstić information content (AvgIpc) is 3.13. The number of aliphatic hydroxyl groups is 1. The fraction of sp³-hybridized carbons (Fsp3) is 0.290. The Labute approximate surface area is 227 Å². The molecule has 1 N–H and O–H groups in total. The highest BCUT2D eigenvalue weighted by atomic mass is 35.5. The lowest BCUT2D eigenvalue weighted by atomic mass is 9.84. The molecule has 1 saturated heterocycles. The maximum absolute atomic E-state index is 13.8. The van der Waals surface area contributed by atoms with E-state index in [0.29, 0.717) is 34.9 Å². The standard InChI is InChI=1S/C31H31ClFNO4/c1-5-38-25-15-10-21(18-24(25)31(2,3)4)28(35)26-27(20-8-13-23(33)14-9-20)34(30(37)29(26)36)17-16-19-6-11-22(32)12-7-19/h6-15,18,27,35H,5,16-17H2,1-4H3/b28-26-. The number of ketones is 1. The molecule has 0 saturated carbocycles. The van der Waals surface area contributed by atoms with Gasteiger partial charge < -0.3 is 14.7 Å². The summed E-state index contributed by atoms with van der Waals surface area (Å²) in [5, 5.41) is 12.1. The van der Waals surface area contributed by atoms with Crippen LogP contribution in [0.4, 0.5) is 4.39 Å². The van der Waals surface area contributed by atoms with Gasteiger partial charge in [-0.05, 0) is 72.4 Å². The van der Waals surface area contributed by atoms with E-state index in [0.717, 1.165) is 11.1 Å². The second-order valence-electron chi connectivity index (χ2n) is 10.3. The molecule has 5 nitrogen and oxygen atoms in total. The molecule has 0 spiro atoms. The number of hydrogen-bond acceptors (Lipinski definition) is 4. The maximum atomic E-state index is 13.8. The van der Waals surface area contributed by atoms with Crippen LogP contribution in [-0.4, -0.2) is 34.8 Å². The van der Waals surface area contributed by atoms with Crippen molar-refractivity contribution in [2.24, 2.45) is 0 Å². The van der Waals surface area contributed by atoms with E-state index in [1.165, 1.54) is 29.2 Å². The van der Waals surface area contributed by atoms with Crippen molar-refractivity contribution in [3.63, 3.8) is 0 Å². The van der Waals surface area contributed by atoms with Crippen molar-refractivity contribution >= 4 is 29.1 Å². The van der Waals surface area contributed by atoms with Gasteiger partial charge in [-0.2, -0.15) is 0 Å². The maximum Gasteiger partial charge on any atom is 0.295 e. The van der Waals surface area contributed by atoms with E-state index < -0.39 is 23.5 Å². The van der Waals surface area contributed by atoms with Crippen LogP contribution in [-0.2, 0) is 21.4 Å². The predicted molar refractivity (Wildman–Crippen MR) is 147 cm³/mol. The Morgan fingerprint density at radius 3 is 2.29 bits per heavy atom. The lowest BCUT2D eigenvalue weighted by Crippen LogP contribution is -2.31. The highest BCUT2D eigenvalue weighted by molar-refractivity contribution is 6.46. The number of carbonyl (C=O) groups is 2. The van der Waals surface area contributed by atoms with Crippen LogP contribution in [0.25, 0.3) is 5.76 Å². The third-order valence-corrected chi connectivity index (χ3v) is 6.89. The zero-order valence-electron chi connectivity index (χ0n) is 21.9. The molecule has 1 aliphatic heterocycles. The second kappa shape index (κ2) is 11.0. The van der Waals surface area contributed by atoms with Crippen LogP contribution in [0.5, 0.6) is 5.75 Å². The van der Waals surface area contributed by atoms with Crippen LogP contribution in [0.1, 0.15) is 56.0 Å². The summed E-state index contributed by atoms with van der Waals surface area (Å²) in [5.41, 5.74) is 2.41. The number of likely N-dealkylation sites (tertiary alicyclic amines) is 1. The third kappa shape index (κ3) is 5.60. The van der Waals surface area contributed by atoms with Gasteiger partial charge in [0.25, 0.3) is 11.7 Å². The molecule has 1 fully saturated rings. The Morgan fingerprint density at radius 2 is 1.68 bits per heavy atom. The number of nitrogens with zero attached hydrogens (tertiary/aromatic N) is 1. The number of amides is 1. The summed E-state index contributed by atoms with van der Waals surface area (Å²) in [6.45, 7) is 8.70. The van der Waals surface area contributed by atoms with Crippen molar-refractivity contribution in [3.05, 3.63) is 105 Å². The van der Waals surface area contributed by atoms with E-state index in [9.17, 15) is 19.1 Å². The molecule has 198 valence electrons. The average molecular weight is 536 g/mol. The predicted octanol–water partition coefficient (Wildman–Crippen LogP) is 6.84. The number of Topliss-reactive ketones (excluding diaryl/α,β-unsaturated/α-hetero) is 1. The van der Waals surface area contributed by atoms with Crippen molar-refractivity contribution in [2.45, 2.75) is 45.6 Å². The number of carbonyl (C=O) groups excluding carboxylic acids is 2. The number of hydrogen-bond donors (Lipinski definition) is 1. The van der Waals surface area contributed by atoms with Gasteiger partial charge in [0, 0.05) is 22.7 Å². The highest BCUT2D eigenvalue weighted by Crippen LogP contribution is 2.41. The van der Waals surface area contributed by atoms with E-state index in [1.807, 2.05) is 39.8 Å². The molecule has 3 aromatic carbocycles. The monoisotopic (exact) mass is 535 g/mol. The molecular weight excluding hydrogens is 505 g/mol. The van der Waals surface area contributed by atoms with Crippen LogP contribution >= 0.6 is 11.6 Å². The van der Waals surface area contributed by atoms with Gasteiger partial charge in [-0.15, -0.1) is 0 Å². The Hall–Kier alpha value is -3.64. The van der Waals surface area contributed by atoms with Gasteiger partial charge in [0.1, 0.15) is 17.3 Å². The summed E-state index contributed by atoms with van der Waals surface area (Å²) in [7, 11) is 0. The summed E-state index contributed by atoms with van der Waals surface area (Å²) in [4.78, 5) is 28.1. The van der Waals surface area contributed by atoms with Gasteiger partial charge in [-0.25, -0.2) is 4.39 Å². The van der Waals surface area contributed by atoms with Crippen LogP contribution in [0.3, 0.4) is 0 Å². The molecule has 4 rings (SSSR count). The van der Waals surface area contributed by atoms with Crippen molar-refractivity contribution in [1.82, 2.24) is 4.90 Å². The summed E-state index contributed by atoms with van der Waals surface area (Å²) in [5.74, 6) is -1.51. The first-order valence-corrected chi connectivity index (χ1v) is 12.9. The summed E-state index contributed by atoms with van der Waals surface area (Å²) in [6, 6.07) is 17.3. The first-order chi connectivity index (χ1) is 18.0. The van der Waals surface area contributed by atoms with Gasteiger partial charge in [0.2, 0.25) is 0 Å². The van der Waals surface area contributed by atoms with Crippen LogP contribution < -0.4 is 4.74 Å². The van der Waals surface area contributed by atoms with Crippen LogP contribution in [0, 0.1) is 5.82 Å². The lowest BCUT2D eigenvalue weighted by molar-refractivity contribution is -0.139. The summed E-state index contributed by atoms with van der Waals surface area (Å²) in [6.07, 6.45) is 0.471. The van der Waals surface area contributed by atoms with E-state index in [4.69, 9.17) is 16.3 Å². The molecule has 1 amide bonds. The Bertz CT molecular complexity index is 1370. The number of aliphatic hydroxyl groups excluding tert-OH is 1. The van der Waals surface area contributed by atoms with Gasteiger partial charge in [-0.1, -0.05) is 56.6 Å². The van der Waals surface area contributed by atoms with Crippen molar-refractivity contribution in [1.29, 1.82) is 0 Å². The van der Waals surface area contributed by atoms with E-state index in [2.05, 4.69) is 0 Å². The SMILES string of the molecule is CCOc1ccc(/C(O)=C2/C(=O)C(=O)N(CCc3ccc(Cl)cc3)C2c2ccc(F)cc2)cc1C(C)(C)C. The van der Waals surface area contributed by atoms with Gasteiger partial charge >= 0.3 is 0 Å². The third-order valence-electron chi connectivity index (χ3n) is 6.64. The Morgan fingerprint density at radius 1 is 1.03 bits per heavy atom. The minimum absolute atomic E-state index is 0.0262. The largest absolute Gasteiger partial charge is 0.507 e. The quantitative estimate of drug-likeness (QED) is 0.204. The molecule has 0 bridgehead atoms. The minimum Gasteiger partial charge on any atom is -0.507 e. The number of rotatable bonds is 7. The summed E-state index contributed by atoms with van der Waals surface area (Å²) >= 11 is 5.99. The highest BCUT2D eigenvalue weighted by Gasteiger charge is 2.46. The molecule has 1 unspecified atom stereocenters. The molecule has 3 aromatic rings. The van der Waals surface area contributed by atoms with Gasteiger partial charge in [-0.3, -0.25) is 9.59 Å². The second-order valence-corrected chi connectivity index (χ2v) is 10.8. The molecule has 1 heterocycles. The van der Waals surface area contributed by atoms with Crippen LogP contribution in [0.15, 0.2) is 72.3 Å². The smallest absolute Gasteiger partial charge is 0.295 e. The van der Waals surface area contributed by atoms with Crippen molar-refractivity contribution in [3.8, 4) is 5.75 Å². The molecule has 7 heteroatoms. The molecule has 1 atom stereocenters. The van der Waals surface area contributed by atoms with Crippen LogP contribution in [0.2, 0.25) is 5.02 Å². The molecule has 1 aliphatic rings.